The number of esters is 1. The first-order valence-electron chi connectivity index (χ1n) is 10.6. The first-order valence-corrected chi connectivity index (χ1v) is 11.4. The summed E-state index contributed by atoms with van der Waals surface area (Å²) >= 11 is 1.60. The van der Waals surface area contributed by atoms with Crippen molar-refractivity contribution >= 4 is 33.8 Å². The number of anilines is 1. The molecule has 1 aromatic heterocycles. The van der Waals surface area contributed by atoms with Gasteiger partial charge in [-0.1, -0.05) is 49.8 Å². The molecule has 0 radical (unpaired) electrons. The Hall–Kier alpha value is -2.40. The molecular formula is C25H31NO3S. The Kier molecular flexibility index (Phi) is 7.14. The van der Waals surface area contributed by atoms with Crippen molar-refractivity contribution in [3.8, 4) is 0 Å². The van der Waals surface area contributed by atoms with Gasteiger partial charge in [0.25, 0.3) is 0 Å². The van der Waals surface area contributed by atoms with Gasteiger partial charge in [-0.3, -0.25) is 9.59 Å². The molecule has 30 heavy (non-hydrogen) atoms. The number of aryl methyl sites for hydroxylation is 2. The lowest BCUT2D eigenvalue weighted by atomic mass is 9.93. The topological polar surface area (TPSA) is 55.4 Å². The molecule has 1 aliphatic rings. The second-order valence-corrected chi connectivity index (χ2v) is 9.74. The lowest BCUT2D eigenvalue weighted by molar-refractivity contribution is -0.147. The van der Waals surface area contributed by atoms with E-state index in [2.05, 4.69) is 56.4 Å². The molecule has 0 saturated heterocycles. The molecule has 0 fully saturated rings. The summed E-state index contributed by atoms with van der Waals surface area (Å²) in [7, 11) is 0. The van der Waals surface area contributed by atoms with E-state index < -0.39 is 5.92 Å². The fourth-order valence-electron chi connectivity index (χ4n) is 3.63. The van der Waals surface area contributed by atoms with Gasteiger partial charge in [0.15, 0.2) is 0 Å². The van der Waals surface area contributed by atoms with Crippen molar-refractivity contribution < 1.29 is 14.3 Å². The molecule has 1 aromatic carbocycles. The van der Waals surface area contributed by atoms with Gasteiger partial charge in [0.05, 0.1) is 13.0 Å². The highest BCUT2D eigenvalue weighted by Gasteiger charge is 2.27. The Labute approximate surface area is 183 Å². The van der Waals surface area contributed by atoms with E-state index in [-0.39, 0.29) is 24.2 Å². The molecule has 1 atom stereocenters. The summed E-state index contributed by atoms with van der Waals surface area (Å²) in [6.07, 6.45) is 3.68. The second-order valence-electron chi connectivity index (χ2n) is 8.52. The van der Waals surface area contributed by atoms with E-state index in [1.807, 2.05) is 13.8 Å². The van der Waals surface area contributed by atoms with Crippen LogP contribution in [0.3, 0.4) is 0 Å². The van der Waals surface area contributed by atoms with E-state index in [0.717, 1.165) is 28.1 Å². The third kappa shape index (κ3) is 5.20. The molecule has 1 N–H and O–H groups in total. The van der Waals surface area contributed by atoms with Crippen LogP contribution in [0.25, 0.3) is 5.57 Å². The highest BCUT2D eigenvalue weighted by molar-refractivity contribution is 7.16. The monoisotopic (exact) mass is 425 g/mol. The molecule has 0 spiro atoms. The Morgan fingerprint density at radius 1 is 1.20 bits per heavy atom. The molecule has 5 heteroatoms. The SMILES string of the molecule is Cc1ccc(/C2=C/CC[C@@H](CC(=O)OCC(C)C)C(=O)Nc3sc(C)c(C)c32)cc1. The number of rotatable bonds is 5. The predicted octanol–water partition coefficient (Wildman–Crippen LogP) is 6.04. The van der Waals surface area contributed by atoms with Gasteiger partial charge in [-0.15, -0.1) is 11.3 Å². The van der Waals surface area contributed by atoms with Crippen LogP contribution in [-0.2, 0) is 14.3 Å². The molecule has 0 bridgehead atoms. The van der Waals surface area contributed by atoms with Crippen LogP contribution >= 0.6 is 11.3 Å². The number of amides is 1. The maximum atomic E-state index is 13.0. The molecule has 1 amide bonds. The van der Waals surface area contributed by atoms with E-state index in [9.17, 15) is 9.59 Å². The van der Waals surface area contributed by atoms with Gasteiger partial charge in [0.1, 0.15) is 5.00 Å². The quantitative estimate of drug-likeness (QED) is 0.594. The van der Waals surface area contributed by atoms with E-state index in [1.165, 1.54) is 16.0 Å². The minimum Gasteiger partial charge on any atom is -0.465 e. The van der Waals surface area contributed by atoms with Crippen LogP contribution in [0.5, 0.6) is 0 Å². The average molecular weight is 426 g/mol. The van der Waals surface area contributed by atoms with Gasteiger partial charge in [0, 0.05) is 16.4 Å². The molecule has 4 nitrogen and oxygen atoms in total. The van der Waals surface area contributed by atoms with E-state index in [0.29, 0.717) is 13.0 Å². The minimum absolute atomic E-state index is 0.0995. The smallest absolute Gasteiger partial charge is 0.306 e. The molecule has 2 heterocycles. The maximum absolute atomic E-state index is 13.0. The van der Waals surface area contributed by atoms with Crippen molar-refractivity contribution in [2.45, 2.75) is 53.9 Å². The summed E-state index contributed by atoms with van der Waals surface area (Å²) in [6, 6.07) is 8.50. The number of ether oxygens (including phenoxy) is 1. The zero-order valence-electron chi connectivity index (χ0n) is 18.5. The van der Waals surface area contributed by atoms with E-state index in [1.54, 1.807) is 11.3 Å². The van der Waals surface area contributed by atoms with Crippen molar-refractivity contribution in [1.29, 1.82) is 0 Å². The Bertz CT molecular complexity index is 954. The van der Waals surface area contributed by atoms with Crippen molar-refractivity contribution in [2.24, 2.45) is 11.8 Å². The highest BCUT2D eigenvalue weighted by Crippen LogP contribution is 2.41. The van der Waals surface area contributed by atoms with Crippen LogP contribution in [0.4, 0.5) is 5.00 Å². The summed E-state index contributed by atoms with van der Waals surface area (Å²) < 4.78 is 5.32. The number of hydrogen-bond acceptors (Lipinski definition) is 4. The van der Waals surface area contributed by atoms with Crippen molar-refractivity contribution in [2.75, 3.05) is 11.9 Å². The number of thiophene rings is 1. The van der Waals surface area contributed by atoms with Crippen LogP contribution in [-0.4, -0.2) is 18.5 Å². The third-order valence-electron chi connectivity index (χ3n) is 5.48. The fourth-order valence-corrected chi connectivity index (χ4v) is 4.70. The number of carbonyl (C=O) groups is 2. The molecule has 3 rings (SSSR count). The standard InChI is InChI=1S/C25H31NO3S/c1-15(2)14-29-22(27)13-20-7-6-8-21(19-11-9-16(3)10-12-19)23-17(4)18(5)30-25(23)26-24(20)28/h8-12,15,20H,6-7,13-14H2,1-5H3,(H,26,28)/b21-8-/t20-/m0/s1. The third-order valence-corrected chi connectivity index (χ3v) is 6.60. The summed E-state index contributed by atoms with van der Waals surface area (Å²) in [4.78, 5) is 26.5. The van der Waals surface area contributed by atoms with E-state index in [4.69, 9.17) is 4.74 Å². The van der Waals surface area contributed by atoms with Crippen molar-refractivity contribution in [3.05, 3.63) is 57.5 Å². The Morgan fingerprint density at radius 3 is 2.57 bits per heavy atom. The molecule has 0 unspecified atom stereocenters. The predicted molar refractivity (Wildman–Crippen MR) is 124 cm³/mol. The normalized spacial score (nSPS) is 18.5. The van der Waals surface area contributed by atoms with Crippen LogP contribution in [0, 0.1) is 32.6 Å². The lowest BCUT2D eigenvalue weighted by Crippen LogP contribution is -2.26. The highest BCUT2D eigenvalue weighted by atomic mass is 32.1. The number of benzene rings is 1. The van der Waals surface area contributed by atoms with Gasteiger partial charge in [-0.25, -0.2) is 0 Å². The molecular weight excluding hydrogens is 394 g/mol. The van der Waals surface area contributed by atoms with Crippen LogP contribution < -0.4 is 5.32 Å². The van der Waals surface area contributed by atoms with Gasteiger partial charge < -0.3 is 10.1 Å². The summed E-state index contributed by atoms with van der Waals surface area (Å²) in [6.45, 7) is 10.7. The molecule has 160 valence electrons. The first kappa shape index (κ1) is 22.3. The molecule has 2 aromatic rings. The van der Waals surface area contributed by atoms with Crippen LogP contribution in [0.15, 0.2) is 30.3 Å². The first-order chi connectivity index (χ1) is 14.3. The number of fused-ring (bicyclic) bond motifs is 1. The zero-order valence-corrected chi connectivity index (χ0v) is 19.3. The average Bonchev–Trinajstić information content (AvgIpc) is 2.99. The zero-order chi connectivity index (χ0) is 21.8. The number of hydrogen-bond donors (Lipinski definition) is 1. The second kappa shape index (κ2) is 9.61. The summed E-state index contributed by atoms with van der Waals surface area (Å²) in [5.41, 5.74) is 5.80. The maximum Gasteiger partial charge on any atom is 0.306 e. The van der Waals surface area contributed by atoms with Gasteiger partial charge >= 0.3 is 5.97 Å². The van der Waals surface area contributed by atoms with Gasteiger partial charge in [0.2, 0.25) is 5.91 Å². The van der Waals surface area contributed by atoms with Crippen LogP contribution in [0.1, 0.15) is 60.2 Å². The Morgan fingerprint density at radius 2 is 1.90 bits per heavy atom. The van der Waals surface area contributed by atoms with Crippen molar-refractivity contribution in [3.63, 3.8) is 0 Å². The Balaban J connectivity index is 1.92. The van der Waals surface area contributed by atoms with E-state index >= 15 is 0 Å². The summed E-state index contributed by atoms with van der Waals surface area (Å²) in [5, 5.41) is 3.99. The largest absolute Gasteiger partial charge is 0.465 e. The molecule has 0 aliphatic carbocycles. The van der Waals surface area contributed by atoms with Crippen molar-refractivity contribution in [1.82, 2.24) is 0 Å². The molecule has 1 aliphatic heterocycles. The minimum atomic E-state index is -0.395. The van der Waals surface area contributed by atoms with Crippen LogP contribution in [0.2, 0.25) is 0 Å². The van der Waals surface area contributed by atoms with Gasteiger partial charge in [-0.05, 0) is 56.2 Å². The lowest BCUT2D eigenvalue weighted by Gasteiger charge is -2.15. The fraction of sp³-hybridized carbons (Fsp3) is 0.440. The molecule has 0 saturated carbocycles. The number of nitrogens with one attached hydrogen (secondary N) is 1. The summed E-state index contributed by atoms with van der Waals surface area (Å²) in [5.74, 6) is -0.515. The van der Waals surface area contributed by atoms with Gasteiger partial charge in [-0.2, -0.15) is 0 Å². The number of allylic oxidation sites excluding steroid dienone is 1. The number of carbonyl (C=O) groups excluding carboxylic acids is 2.